The molecule has 0 radical (unpaired) electrons. The summed E-state index contributed by atoms with van der Waals surface area (Å²) in [5.74, 6) is -1.31. The summed E-state index contributed by atoms with van der Waals surface area (Å²) < 4.78 is 1.40. The Hall–Kier alpha value is -1.65. The first-order chi connectivity index (χ1) is 5.24. The van der Waals surface area contributed by atoms with Crippen molar-refractivity contribution >= 4 is 5.97 Å². The van der Waals surface area contributed by atoms with Gasteiger partial charge in [0.25, 0.3) is 5.82 Å². The van der Waals surface area contributed by atoms with Gasteiger partial charge in [-0.15, -0.1) is 11.7 Å². The molecule has 0 spiro atoms. The number of rotatable bonds is 3. The highest BCUT2D eigenvalue weighted by Crippen LogP contribution is 1.89. The minimum absolute atomic E-state index is 0.188. The SMILES string of the molecule is C=CCn1cnc(C(=O)O)n1. The molecule has 0 fully saturated rings. The van der Waals surface area contributed by atoms with Gasteiger partial charge in [-0.25, -0.2) is 14.5 Å². The van der Waals surface area contributed by atoms with Crippen LogP contribution >= 0.6 is 0 Å². The number of allylic oxidation sites excluding steroid dienone is 1. The van der Waals surface area contributed by atoms with Crippen molar-refractivity contribution in [2.24, 2.45) is 0 Å². The number of aromatic carboxylic acids is 1. The fourth-order valence-corrected chi connectivity index (χ4v) is 0.613. The summed E-state index contributed by atoms with van der Waals surface area (Å²) in [6, 6.07) is 0. The summed E-state index contributed by atoms with van der Waals surface area (Å²) >= 11 is 0. The number of carboxylic acid groups (broad SMARTS) is 1. The van der Waals surface area contributed by atoms with E-state index in [1.165, 1.54) is 11.0 Å². The number of hydrogen-bond donors (Lipinski definition) is 1. The molecule has 1 heterocycles. The van der Waals surface area contributed by atoms with Crippen LogP contribution in [0.3, 0.4) is 0 Å². The molecule has 11 heavy (non-hydrogen) atoms. The van der Waals surface area contributed by atoms with Crippen molar-refractivity contribution < 1.29 is 9.90 Å². The van der Waals surface area contributed by atoms with E-state index in [-0.39, 0.29) is 5.82 Å². The molecular weight excluding hydrogens is 146 g/mol. The highest BCUT2D eigenvalue weighted by Gasteiger charge is 2.06. The van der Waals surface area contributed by atoms with Crippen molar-refractivity contribution in [3.05, 3.63) is 24.8 Å². The number of nitrogens with zero attached hydrogens (tertiary/aromatic N) is 3. The lowest BCUT2D eigenvalue weighted by Crippen LogP contribution is -2.02. The van der Waals surface area contributed by atoms with Crippen molar-refractivity contribution in [2.45, 2.75) is 6.54 Å². The molecule has 0 unspecified atom stereocenters. The third kappa shape index (κ3) is 1.64. The Labute approximate surface area is 63.0 Å². The predicted octanol–water partition coefficient (Wildman–Crippen LogP) is 0.162. The molecule has 5 nitrogen and oxygen atoms in total. The molecule has 0 aliphatic carbocycles. The molecule has 0 saturated carbocycles. The fraction of sp³-hybridized carbons (Fsp3) is 0.167. The van der Waals surface area contributed by atoms with Crippen LogP contribution in [0.4, 0.5) is 0 Å². The summed E-state index contributed by atoms with van der Waals surface area (Å²) in [5, 5.41) is 12.0. The quantitative estimate of drug-likeness (QED) is 0.628. The van der Waals surface area contributed by atoms with Gasteiger partial charge in [0, 0.05) is 0 Å². The summed E-state index contributed by atoms with van der Waals surface area (Å²) in [4.78, 5) is 13.8. The minimum Gasteiger partial charge on any atom is -0.475 e. The second-order valence-electron chi connectivity index (χ2n) is 1.88. The van der Waals surface area contributed by atoms with Gasteiger partial charge in [-0.3, -0.25) is 0 Å². The lowest BCUT2D eigenvalue weighted by molar-refractivity contribution is 0.0683. The van der Waals surface area contributed by atoms with Gasteiger partial charge in [0.15, 0.2) is 0 Å². The standard InChI is InChI=1S/C6H7N3O2/c1-2-3-9-4-7-5(8-9)6(10)11/h2,4H,1,3H2,(H,10,11). The van der Waals surface area contributed by atoms with Crippen molar-refractivity contribution in [3.8, 4) is 0 Å². The lowest BCUT2D eigenvalue weighted by Gasteiger charge is -1.89. The molecule has 5 heteroatoms. The van der Waals surface area contributed by atoms with E-state index < -0.39 is 5.97 Å². The van der Waals surface area contributed by atoms with E-state index in [1.54, 1.807) is 6.08 Å². The van der Waals surface area contributed by atoms with Crippen LogP contribution in [0.1, 0.15) is 10.6 Å². The molecule has 0 aliphatic heterocycles. The summed E-state index contributed by atoms with van der Waals surface area (Å²) in [7, 11) is 0. The molecule has 1 aromatic heterocycles. The zero-order valence-electron chi connectivity index (χ0n) is 5.77. The Kier molecular flexibility index (Phi) is 2.00. The smallest absolute Gasteiger partial charge is 0.375 e. The van der Waals surface area contributed by atoms with E-state index in [4.69, 9.17) is 5.11 Å². The van der Waals surface area contributed by atoms with E-state index in [1.807, 2.05) is 0 Å². The normalized spacial score (nSPS) is 9.45. The molecule has 0 aromatic carbocycles. The molecule has 0 atom stereocenters. The lowest BCUT2D eigenvalue weighted by atomic mass is 10.6. The van der Waals surface area contributed by atoms with Crippen molar-refractivity contribution in [1.29, 1.82) is 0 Å². The molecule has 0 saturated heterocycles. The molecule has 1 rings (SSSR count). The summed E-state index contributed by atoms with van der Waals surface area (Å²) in [5.41, 5.74) is 0. The van der Waals surface area contributed by atoms with Crippen molar-refractivity contribution in [2.75, 3.05) is 0 Å². The molecular formula is C6H7N3O2. The van der Waals surface area contributed by atoms with E-state index >= 15 is 0 Å². The van der Waals surface area contributed by atoms with Crippen LogP contribution in [0.15, 0.2) is 19.0 Å². The molecule has 58 valence electrons. The van der Waals surface area contributed by atoms with Crippen LogP contribution in [0.25, 0.3) is 0 Å². The van der Waals surface area contributed by atoms with E-state index in [0.717, 1.165) is 0 Å². The van der Waals surface area contributed by atoms with Gasteiger partial charge in [-0.2, -0.15) is 0 Å². The maximum absolute atomic E-state index is 10.3. The van der Waals surface area contributed by atoms with Gasteiger partial charge in [0.2, 0.25) is 0 Å². The first kappa shape index (κ1) is 7.46. The number of aromatic nitrogens is 3. The van der Waals surface area contributed by atoms with Crippen LogP contribution in [-0.2, 0) is 6.54 Å². The first-order valence-electron chi connectivity index (χ1n) is 2.97. The van der Waals surface area contributed by atoms with E-state index in [0.29, 0.717) is 6.54 Å². The van der Waals surface area contributed by atoms with Gasteiger partial charge in [0.1, 0.15) is 6.33 Å². The van der Waals surface area contributed by atoms with Crippen LogP contribution in [0.5, 0.6) is 0 Å². The van der Waals surface area contributed by atoms with Gasteiger partial charge in [0.05, 0.1) is 6.54 Å². The molecule has 0 amide bonds. The molecule has 1 N–H and O–H groups in total. The number of carboxylic acids is 1. The maximum atomic E-state index is 10.3. The monoisotopic (exact) mass is 153 g/mol. The zero-order valence-corrected chi connectivity index (χ0v) is 5.77. The Bertz CT molecular complexity index is 279. The topological polar surface area (TPSA) is 68.0 Å². The Morgan fingerprint density at radius 1 is 1.91 bits per heavy atom. The van der Waals surface area contributed by atoms with Gasteiger partial charge in [-0.1, -0.05) is 6.08 Å². The minimum atomic E-state index is -1.12. The second-order valence-corrected chi connectivity index (χ2v) is 1.88. The largest absolute Gasteiger partial charge is 0.475 e. The maximum Gasteiger partial charge on any atom is 0.375 e. The highest BCUT2D eigenvalue weighted by molar-refractivity contribution is 5.82. The van der Waals surface area contributed by atoms with Gasteiger partial charge < -0.3 is 5.11 Å². The second kappa shape index (κ2) is 2.96. The average molecular weight is 153 g/mol. The van der Waals surface area contributed by atoms with Gasteiger partial charge in [-0.05, 0) is 0 Å². The van der Waals surface area contributed by atoms with E-state index in [9.17, 15) is 4.79 Å². The Morgan fingerprint density at radius 2 is 2.64 bits per heavy atom. The Morgan fingerprint density at radius 3 is 3.09 bits per heavy atom. The van der Waals surface area contributed by atoms with Crippen LogP contribution in [-0.4, -0.2) is 25.8 Å². The third-order valence-electron chi connectivity index (χ3n) is 1.04. The first-order valence-corrected chi connectivity index (χ1v) is 2.97. The van der Waals surface area contributed by atoms with Crippen LogP contribution in [0.2, 0.25) is 0 Å². The van der Waals surface area contributed by atoms with Crippen molar-refractivity contribution in [3.63, 3.8) is 0 Å². The predicted molar refractivity (Wildman–Crippen MR) is 37.2 cm³/mol. The molecule has 0 aliphatic rings. The Balaban J connectivity index is 2.81. The molecule has 0 bridgehead atoms. The van der Waals surface area contributed by atoms with Gasteiger partial charge >= 0.3 is 5.97 Å². The number of carbonyl (C=O) groups is 1. The van der Waals surface area contributed by atoms with E-state index in [2.05, 4.69) is 16.7 Å². The highest BCUT2D eigenvalue weighted by atomic mass is 16.4. The average Bonchev–Trinajstić information content (AvgIpc) is 2.37. The number of hydrogen-bond acceptors (Lipinski definition) is 3. The third-order valence-corrected chi connectivity index (χ3v) is 1.04. The van der Waals surface area contributed by atoms with Crippen LogP contribution < -0.4 is 0 Å². The van der Waals surface area contributed by atoms with Crippen molar-refractivity contribution in [1.82, 2.24) is 14.8 Å². The molecule has 1 aromatic rings. The fourth-order valence-electron chi connectivity index (χ4n) is 0.613. The zero-order chi connectivity index (χ0) is 8.27. The summed E-state index contributed by atoms with van der Waals surface area (Å²) in [6.07, 6.45) is 2.96. The summed E-state index contributed by atoms with van der Waals surface area (Å²) in [6.45, 7) is 3.95. The van der Waals surface area contributed by atoms with Crippen LogP contribution in [0, 0.1) is 0 Å².